The van der Waals surface area contributed by atoms with Gasteiger partial charge in [0.1, 0.15) is 11.3 Å². The molecular formula is C16H14ClN3O. The van der Waals surface area contributed by atoms with Gasteiger partial charge >= 0.3 is 0 Å². The summed E-state index contributed by atoms with van der Waals surface area (Å²) in [5.41, 5.74) is 3.83. The topological polar surface area (TPSA) is 46.4 Å². The molecule has 0 aliphatic rings. The van der Waals surface area contributed by atoms with Crippen LogP contribution in [0.2, 0.25) is 5.02 Å². The van der Waals surface area contributed by atoms with Crippen molar-refractivity contribution >= 4 is 28.8 Å². The molecule has 1 N–H and O–H groups in total. The van der Waals surface area contributed by atoms with Crippen LogP contribution in [0.3, 0.4) is 0 Å². The number of nitrogens with zero attached hydrogens (tertiary/aromatic N) is 2. The summed E-state index contributed by atoms with van der Waals surface area (Å²) in [6, 6.07) is 9.39. The van der Waals surface area contributed by atoms with Crippen LogP contribution >= 0.6 is 11.6 Å². The summed E-state index contributed by atoms with van der Waals surface area (Å²) >= 11 is 6.12. The molecule has 0 bridgehead atoms. The summed E-state index contributed by atoms with van der Waals surface area (Å²) in [7, 11) is 0. The Morgan fingerprint density at radius 1 is 1.19 bits per heavy atom. The van der Waals surface area contributed by atoms with Gasteiger partial charge in [-0.25, -0.2) is 4.98 Å². The number of hydrogen-bond acceptors (Lipinski definition) is 2. The van der Waals surface area contributed by atoms with Gasteiger partial charge in [-0.1, -0.05) is 17.7 Å². The molecule has 21 heavy (non-hydrogen) atoms. The van der Waals surface area contributed by atoms with E-state index in [1.165, 1.54) is 0 Å². The predicted molar refractivity (Wildman–Crippen MR) is 84.1 cm³/mol. The number of benzene rings is 1. The van der Waals surface area contributed by atoms with Crippen molar-refractivity contribution in [3.05, 3.63) is 64.6 Å². The van der Waals surface area contributed by atoms with Crippen molar-refractivity contribution in [2.24, 2.45) is 0 Å². The molecule has 1 amide bonds. The highest BCUT2D eigenvalue weighted by Crippen LogP contribution is 2.23. The van der Waals surface area contributed by atoms with Crippen LogP contribution < -0.4 is 5.32 Å². The maximum Gasteiger partial charge on any atom is 0.275 e. The average molecular weight is 300 g/mol. The molecule has 106 valence electrons. The molecule has 0 aliphatic heterocycles. The van der Waals surface area contributed by atoms with Crippen LogP contribution in [0.5, 0.6) is 0 Å². The Bertz CT molecular complexity index is 839. The Kier molecular flexibility index (Phi) is 3.39. The van der Waals surface area contributed by atoms with E-state index in [1.807, 2.05) is 48.7 Å². The Morgan fingerprint density at radius 3 is 2.71 bits per heavy atom. The van der Waals surface area contributed by atoms with Gasteiger partial charge in [-0.3, -0.25) is 4.79 Å². The normalized spacial score (nSPS) is 10.8. The molecule has 2 heterocycles. The zero-order valence-corrected chi connectivity index (χ0v) is 12.5. The zero-order chi connectivity index (χ0) is 15.0. The van der Waals surface area contributed by atoms with Gasteiger partial charge in [-0.15, -0.1) is 0 Å². The van der Waals surface area contributed by atoms with Crippen molar-refractivity contribution in [3.8, 4) is 0 Å². The molecule has 0 fully saturated rings. The molecule has 0 spiro atoms. The molecule has 3 rings (SSSR count). The van der Waals surface area contributed by atoms with E-state index in [1.54, 1.807) is 12.3 Å². The molecule has 5 heteroatoms. The van der Waals surface area contributed by atoms with Crippen LogP contribution in [0, 0.1) is 13.8 Å². The minimum Gasteiger partial charge on any atom is -0.319 e. The number of halogens is 1. The second kappa shape index (κ2) is 5.22. The molecule has 0 atom stereocenters. The number of amides is 1. The quantitative estimate of drug-likeness (QED) is 0.781. The largest absolute Gasteiger partial charge is 0.319 e. The molecular weight excluding hydrogens is 286 g/mol. The van der Waals surface area contributed by atoms with Gasteiger partial charge in [0.15, 0.2) is 0 Å². The van der Waals surface area contributed by atoms with Crippen LogP contribution in [-0.4, -0.2) is 15.3 Å². The number of anilines is 1. The molecule has 2 aromatic heterocycles. The first kappa shape index (κ1) is 13.6. The van der Waals surface area contributed by atoms with Crippen LogP contribution in [0.25, 0.3) is 5.65 Å². The third-order valence-electron chi connectivity index (χ3n) is 3.22. The summed E-state index contributed by atoms with van der Waals surface area (Å²) in [4.78, 5) is 16.6. The number of rotatable bonds is 2. The number of carbonyl (C=O) groups excluding carboxylic acids is 1. The number of nitrogens with one attached hydrogen (secondary N) is 1. The lowest BCUT2D eigenvalue weighted by molar-refractivity contribution is 0.102. The van der Waals surface area contributed by atoms with E-state index in [4.69, 9.17) is 11.6 Å². The fourth-order valence-electron chi connectivity index (χ4n) is 2.10. The van der Waals surface area contributed by atoms with E-state index in [-0.39, 0.29) is 5.91 Å². The Labute approximate surface area is 127 Å². The maximum atomic E-state index is 12.3. The first-order valence-electron chi connectivity index (χ1n) is 6.56. The van der Waals surface area contributed by atoms with Crippen LogP contribution in [0.1, 0.15) is 21.6 Å². The number of imidazole rings is 1. The van der Waals surface area contributed by atoms with Crippen molar-refractivity contribution in [2.75, 3.05) is 5.32 Å². The molecule has 0 aliphatic carbocycles. The molecule has 4 nitrogen and oxygen atoms in total. The minimum atomic E-state index is -0.276. The van der Waals surface area contributed by atoms with E-state index in [0.717, 1.165) is 16.8 Å². The number of fused-ring (bicyclic) bond motifs is 1. The standard InChI is InChI=1S/C16H14ClN3O/c1-10-3-4-13(12(17)7-10)19-16(21)14-9-20-6-5-11(2)8-15(20)18-14/h3-9H,1-2H3,(H,19,21). The summed E-state index contributed by atoms with van der Waals surface area (Å²) < 4.78 is 1.82. The van der Waals surface area contributed by atoms with E-state index < -0.39 is 0 Å². The zero-order valence-electron chi connectivity index (χ0n) is 11.7. The number of hydrogen-bond donors (Lipinski definition) is 1. The van der Waals surface area contributed by atoms with Gasteiger partial charge in [-0.2, -0.15) is 0 Å². The van der Waals surface area contributed by atoms with Gasteiger partial charge in [0.05, 0.1) is 10.7 Å². The Hall–Kier alpha value is -2.33. The highest BCUT2D eigenvalue weighted by molar-refractivity contribution is 6.34. The monoisotopic (exact) mass is 299 g/mol. The number of aromatic nitrogens is 2. The van der Waals surface area contributed by atoms with Crippen molar-refractivity contribution in [2.45, 2.75) is 13.8 Å². The van der Waals surface area contributed by atoms with E-state index >= 15 is 0 Å². The molecule has 1 aromatic carbocycles. The lowest BCUT2D eigenvalue weighted by Gasteiger charge is -2.06. The fraction of sp³-hybridized carbons (Fsp3) is 0.125. The van der Waals surface area contributed by atoms with Crippen molar-refractivity contribution in [3.63, 3.8) is 0 Å². The first-order valence-corrected chi connectivity index (χ1v) is 6.93. The van der Waals surface area contributed by atoms with Gasteiger partial charge in [0.25, 0.3) is 5.91 Å². The third-order valence-corrected chi connectivity index (χ3v) is 3.53. The van der Waals surface area contributed by atoms with E-state index in [2.05, 4.69) is 10.3 Å². The summed E-state index contributed by atoms with van der Waals surface area (Å²) in [5, 5.41) is 3.30. The average Bonchev–Trinajstić information content (AvgIpc) is 2.85. The van der Waals surface area contributed by atoms with Crippen LogP contribution in [0.15, 0.2) is 42.7 Å². The predicted octanol–water partition coefficient (Wildman–Crippen LogP) is 3.86. The SMILES string of the molecule is Cc1ccc(NC(=O)c2cn3ccc(C)cc3n2)c(Cl)c1. The van der Waals surface area contributed by atoms with Gasteiger partial charge in [-0.05, 0) is 49.2 Å². The second-order valence-electron chi connectivity index (χ2n) is 5.03. The second-order valence-corrected chi connectivity index (χ2v) is 5.44. The number of aryl methyl sites for hydroxylation is 2. The lowest BCUT2D eigenvalue weighted by atomic mass is 10.2. The Balaban J connectivity index is 1.89. The molecule has 3 aromatic rings. The van der Waals surface area contributed by atoms with Crippen LogP contribution in [-0.2, 0) is 0 Å². The maximum absolute atomic E-state index is 12.3. The van der Waals surface area contributed by atoms with Gasteiger partial charge < -0.3 is 9.72 Å². The summed E-state index contributed by atoms with van der Waals surface area (Å²) in [6.45, 7) is 3.93. The van der Waals surface area contributed by atoms with Crippen molar-refractivity contribution in [1.82, 2.24) is 9.38 Å². The van der Waals surface area contributed by atoms with E-state index in [9.17, 15) is 4.79 Å². The number of carbonyl (C=O) groups is 1. The fourth-order valence-corrected chi connectivity index (χ4v) is 2.38. The van der Waals surface area contributed by atoms with E-state index in [0.29, 0.717) is 16.4 Å². The lowest BCUT2D eigenvalue weighted by Crippen LogP contribution is -2.12. The molecule has 0 radical (unpaired) electrons. The van der Waals surface area contributed by atoms with Gasteiger partial charge in [0, 0.05) is 12.4 Å². The highest BCUT2D eigenvalue weighted by atomic mass is 35.5. The van der Waals surface area contributed by atoms with Crippen molar-refractivity contribution < 1.29 is 4.79 Å². The first-order chi connectivity index (χ1) is 10.0. The summed E-state index contributed by atoms with van der Waals surface area (Å²) in [5.74, 6) is -0.276. The molecule has 0 saturated heterocycles. The van der Waals surface area contributed by atoms with Gasteiger partial charge in [0.2, 0.25) is 0 Å². The third kappa shape index (κ3) is 2.76. The molecule has 0 unspecified atom stereocenters. The highest BCUT2D eigenvalue weighted by Gasteiger charge is 2.12. The van der Waals surface area contributed by atoms with Crippen LogP contribution in [0.4, 0.5) is 5.69 Å². The minimum absolute atomic E-state index is 0.276. The molecule has 0 saturated carbocycles. The summed E-state index contributed by atoms with van der Waals surface area (Å²) in [6.07, 6.45) is 3.58. The van der Waals surface area contributed by atoms with Crippen molar-refractivity contribution in [1.29, 1.82) is 0 Å². The Morgan fingerprint density at radius 2 is 1.95 bits per heavy atom. The smallest absolute Gasteiger partial charge is 0.275 e. The number of pyridine rings is 1.